The van der Waals surface area contributed by atoms with Crippen molar-refractivity contribution in [1.29, 1.82) is 0 Å². The van der Waals surface area contributed by atoms with Crippen LogP contribution < -0.4 is 10.6 Å². The van der Waals surface area contributed by atoms with Crippen LogP contribution in [0, 0.1) is 0 Å². The van der Waals surface area contributed by atoms with E-state index in [1.165, 1.54) is 11.1 Å². The highest BCUT2D eigenvalue weighted by molar-refractivity contribution is 6.00. The molecule has 2 N–H and O–H groups in total. The normalized spacial score (nSPS) is 14.4. The molecule has 0 bridgehead atoms. The molecule has 1 amide bonds. The Bertz CT molecular complexity index is 734. The lowest BCUT2D eigenvalue weighted by Gasteiger charge is -2.32. The Labute approximate surface area is 157 Å². The standard InChI is InChI=1S/C23H30N2O/c1-16(2)24-15-9-14-23(22(26)25-17(3)4)20-12-7-5-10-18(20)19-11-6-8-13-21(19)23/h5-8,10-13,16-17,24H,9,14-15H2,1-4H3,(H,25,26). The van der Waals surface area contributed by atoms with E-state index in [1.54, 1.807) is 0 Å². The third-order valence-corrected chi connectivity index (χ3v) is 5.15. The molecule has 0 atom stereocenters. The molecule has 3 nitrogen and oxygen atoms in total. The smallest absolute Gasteiger partial charge is 0.235 e. The molecule has 0 saturated heterocycles. The van der Waals surface area contributed by atoms with Gasteiger partial charge in [-0.3, -0.25) is 4.79 Å². The van der Waals surface area contributed by atoms with Crippen LogP contribution in [-0.4, -0.2) is 24.5 Å². The summed E-state index contributed by atoms with van der Waals surface area (Å²) in [4.78, 5) is 13.5. The Hall–Kier alpha value is -2.13. The SMILES string of the molecule is CC(C)NCCCC1(C(=O)NC(C)C)c2ccccc2-c2ccccc21. The molecule has 0 heterocycles. The second-order valence-electron chi connectivity index (χ2n) is 7.84. The van der Waals surface area contributed by atoms with Crippen LogP contribution >= 0.6 is 0 Å². The van der Waals surface area contributed by atoms with E-state index >= 15 is 0 Å². The number of rotatable bonds is 7. The molecule has 2 aromatic rings. The van der Waals surface area contributed by atoms with Gasteiger partial charge in [0, 0.05) is 12.1 Å². The molecule has 0 unspecified atom stereocenters. The molecule has 3 rings (SSSR count). The van der Waals surface area contributed by atoms with Gasteiger partial charge in [0.25, 0.3) is 0 Å². The van der Waals surface area contributed by atoms with Crippen LogP contribution in [0.5, 0.6) is 0 Å². The van der Waals surface area contributed by atoms with Gasteiger partial charge in [-0.15, -0.1) is 0 Å². The summed E-state index contributed by atoms with van der Waals surface area (Å²) < 4.78 is 0. The second-order valence-corrected chi connectivity index (χ2v) is 7.84. The Balaban J connectivity index is 2.06. The fourth-order valence-corrected chi connectivity index (χ4v) is 4.08. The summed E-state index contributed by atoms with van der Waals surface area (Å²) in [5, 5.41) is 6.68. The van der Waals surface area contributed by atoms with Crippen LogP contribution in [-0.2, 0) is 10.2 Å². The summed E-state index contributed by atoms with van der Waals surface area (Å²) >= 11 is 0. The Morgan fingerprint density at radius 2 is 1.42 bits per heavy atom. The van der Waals surface area contributed by atoms with Crippen molar-refractivity contribution >= 4 is 5.91 Å². The van der Waals surface area contributed by atoms with Gasteiger partial charge in [-0.25, -0.2) is 0 Å². The summed E-state index contributed by atoms with van der Waals surface area (Å²) in [6.07, 6.45) is 1.76. The molecule has 26 heavy (non-hydrogen) atoms. The van der Waals surface area contributed by atoms with Gasteiger partial charge in [0.05, 0.1) is 0 Å². The number of amides is 1. The number of fused-ring (bicyclic) bond motifs is 3. The van der Waals surface area contributed by atoms with Gasteiger partial charge in [-0.1, -0.05) is 62.4 Å². The first-order chi connectivity index (χ1) is 12.5. The zero-order valence-electron chi connectivity index (χ0n) is 16.3. The first-order valence-corrected chi connectivity index (χ1v) is 9.70. The predicted molar refractivity (Wildman–Crippen MR) is 108 cm³/mol. The lowest BCUT2D eigenvalue weighted by molar-refractivity contribution is -0.126. The minimum Gasteiger partial charge on any atom is -0.353 e. The van der Waals surface area contributed by atoms with Gasteiger partial charge in [0.1, 0.15) is 5.41 Å². The zero-order chi connectivity index (χ0) is 18.7. The van der Waals surface area contributed by atoms with Crippen molar-refractivity contribution in [3.63, 3.8) is 0 Å². The lowest BCUT2D eigenvalue weighted by atomic mass is 9.73. The summed E-state index contributed by atoms with van der Waals surface area (Å²) in [5.74, 6) is 0.120. The van der Waals surface area contributed by atoms with Crippen LogP contribution in [0.3, 0.4) is 0 Å². The maximum absolute atomic E-state index is 13.5. The average molecular weight is 351 g/mol. The maximum Gasteiger partial charge on any atom is 0.235 e. The number of benzene rings is 2. The predicted octanol–water partition coefficient (Wildman–Crippen LogP) is 4.26. The van der Waals surface area contributed by atoms with E-state index in [2.05, 4.69) is 73.0 Å². The Morgan fingerprint density at radius 1 is 0.885 bits per heavy atom. The minimum absolute atomic E-state index is 0.119. The number of hydrogen-bond acceptors (Lipinski definition) is 2. The van der Waals surface area contributed by atoms with Crippen molar-refractivity contribution in [1.82, 2.24) is 10.6 Å². The molecule has 0 aliphatic heterocycles. The highest BCUT2D eigenvalue weighted by atomic mass is 16.2. The molecule has 138 valence electrons. The summed E-state index contributed by atoms with van der Waals surface area (Å²) in [6, 6.07) is 17.3. The molecule has 0 fully saturated rings. The fraction of sp³-hybridized carbons (Fsp3) is 0.435. The molecular formula is C23H30N2O. The maximum atomic E-state index is 13.5. The van der Waals surface area contributed by atoms with Crippen LogP contribution in [0.1, 0.15) is 51.7 Å². The second kappa shape index (κ2) is 7.63. The number of nitrogens with one attached hydrogen (secondary N) is 2. The van der Waals surface area contributed by atoms with E-state index in [0.717, 1.165) is 30.5 Å². The van der Waals surface area contributed by atoms with Crippen molar-refractivity contribution in [2.24, 2.45) is 0 Å². The molecule has 0 spiro atoms. The first kappa shape index (κ1) is 18.7. The van der Waals surface area contributed by atoms with E-state index in [1.807, 2.05) is 13.8 Å². The van der Waals surface area contributed by atoms with E-state index in [-0.39, 0.29) is 11.9 Å². The fourth-order valence-electron chi connectivity index (χ4n) is 4.08. The molecule has 0 aromatic heterocycles. The number of hydrogen-bond donors (Lipinski definition) is 2. The van der Waals surface area contributed by atoms with Crippen LogP contribution in [0.25, 0.3) is 11.1 Å². The third-order valence-electron chi connectivity index (χ3n) is 5.15. The average Bonchev–Trinajstić information content (AvgIpc) is 2.90. The van der Waals surface area contributed by atoms with Crippen molar-refractivity contribution in [2.75, 3.05) is 6.54 Å². The van der Waals surface area contributed by atoms with Gasteiger partial charge in [0.2, 0.25) is 5.91 Å². The highest BCUT2D eigenvalue weighted by Crippen LogP contribution is 2.51. The molecule has 1 aliphatic carbocycles. The number of carbonyl (C=O) groups is 1. The first-order valence-electron chi connectivity index (χ1n) is 9.70. The van der Waals surface area contributed by atoms with Gasteiger partial charge in [-0.2, -0.15) is 0 Å². The van der Waals surface area contributed by atoms with Crippen molar-refractivity contribution < 1.29 is 4.79 Å². The molecule has 3 heteroatoms. The summed E-state index contributed by atoms with van der Waals surface area (Å²) in [7, 11) is 0. The molecule has 0 radical (unpaired) electrons. The molecule has 1 aliphatic rings. The molecule has 0 saturated carbocycles. The number of carbonyl (C=O) groups excluding carboxylic acids is 1. The Morgan fingerprint density at radius 3 is 1.92 bits per heavy atom. The molecular weight excluding hydrogens is 320 g/mol. The minimum atomic E-state index is -0.601. The van der Waals surface area contributed by atoms with Crippen molar-refractivity contribution in [3.05, 3.63) is 59.7 Å². The van der Waals surface area contributed by atoms with Crippen LogP contribution in [0.2, 0.25) is 0 Å². The van der Waals surface area contributed by atoms with E-state index < -0.39 is 5.41 Å². The van der Waals surface area contributed by atoms with Crippen molar-refractivity contribution in [2.45, 2.75) is 58.0 Å². The third kappa shape index (κ3) is 3.28. The van der Waals surface area contributed by atoms with Crippen molar-refractivity contribution in [3.8, 4) is 11.1 Å². The highest BCUT2D eigenvalue weighted by Gasteiger charge is 2.48. The molecule has 2 aromatic carbocycles. The topological polar surface area (TPSA) is 41.1 Å². The van der Waals surface area contributed by atoms with Crippen LogP contribution in [0.4, 0.5) is 0 Å². The van der Waals surface area contributed by atoms with Gasteiger partial charge < -0.3 is 10.6 Å². The van der Waals surface area contributed by atoms with E-state index in [9.17, 15) is 4.79 Å². The Kier molecular flexibility index (Phi) is 5.47. The van der Waals surface area contributed by atoms with Gasteiger partial charge in [0.15, 0.2) is 0 Å². The lowest BCUT2D eigenvalue weighted by Crippen LogP contribution is -2.47. The summed E-state index contributed by atoms with van der Waals surface area (Å²) in [5.41, 5.74) is 4.07. The van der Waals surface area contributed by atoms with E-state index in [0.29, 0.717) is 6.04 Å². The quantitative estimate of drug-likeness (QED) is 0.733. The summed E-state index contributed by atoms with van der Waals surface area (Å²) in [6.45, 7) is 9.28. The van der Waals surface area contributed by atoms with Gasteiger partial charge >= 0.3 is 0 Å². The van der Waals surface area contributed by atoms with E-state index in [4.69, 9.17) is 0 Å². The van der Waals surface area contributed by atoms with Crippen LogP contribution in [0.15, 0.2) is 48.5 Å². The zero-order valence-corrected chi connectivity index (χ0v) is 16.3. The van der Waals surface area contributed by atoms with Gasteiger partial charge in [-0.05, 0) is 55.5 Å². The largest absolute Gasteiger partial charge is 0.353 e. The monoisotopic (exact) mass is 350 g/mol.